The minimum Gasteiger partial charge on any atom is -0.379 e. The number of benzene rings is 2. The van der Waals surface area contributed by atoms with Crippen LogP contribution in [0.15, 0.2) is 60.7 Å². The molecule has 0 saturated carbocycles. The van der Waals surface area contributed by atoms with E-state index in [1.807, 2.05) is 65.6 Å². The van der Waals surface area contributed by atoms with Gasteiger partial charge in [0.25, 0.3) is 0 Å². The van der Waals surface area contributed by atoms with Gasteiger partial charge in [-0.2, -0.15) is 0 Å². The first-order valence-corrected chi connectivity index (χ1v) is 11.5. The third kappa shape index (κ3) is 4.45. The summed E-state index contributed by atoms with van der Waals surface area (Å²) in [5, 5.41) is 12.4. The van der Waals surface area contributed by atoms with Gasteiger partial charge in [-0.25, -0.2) is 0 Å². The summed E-state index contributed by atoms with van der Waals surface area (Å²) in [6.07, 6.45) is 7.18. The van der Waals surface area contributed by atoms with Gasteiger partial charge in [0.15, 0.2) is 0 Å². The van der Waals surface area contributed by atoms with Gasteiger partial charge in [0.1, 0.15) is 5.60 Å². The largest absolute Gasteiger partial charge is 0.379 e. The van der Waals surface area contributed by atoms with E-state index in [-0.39, 0.29) is 11.9 Å². The van der Waals surface area contributed by atoms with Crippen molar-refractivity contribution in [3.05, 3.63) is 71.8 Å². The quantitative estimate of drug-likeness (QED) is 0.783. The molecular formula is C26H34N2O2. The van der Waals surface area contributed by atoms with Crippen LogP contribution in [0.3, 0.4) is 0 Å². The SMILES string of the molecule is O=C(CC(N1CCCCC1)C(O)(c1ccccc1)c1ccccc1)N1CCCCC1. The zero-order valence-corrected chi connectivity index (χ0v) is 17.9. The van der Waals surface area contributed by atoms with Crippen molar-refractivity contribution in [2.75, 3.05) is 26.2 Å². The summed E-state index contributed by atoms with van der Waals surface area (Å²) < 4.78 is 0. The van der Waals surface area contributed by atoms with Crippen LogP contribution < -0.4 is 0 Å². The summed E-state index contributed by atoms with van der Waals surface area (Å²) in [7, 11) is 0. The first kappa shape index (κ1) is 21.1. The third-order valence-electron chi connectivity index (χ3n) is 6.82. The van der Waals surface area contributed by atoms with Crippen LogP contribution in [0.5, 0.6) is 0 Å². The van der Waals surface area contributed by atoms with Gasteiger partial charge in [0, 0.05) is 19.5 Å². The molecule has 160 valence electrons. The van der Waals surface area contributed by atoms with Crippen molar-refractivity contribution in [2.45, 2.75) is 56.6 Å². The molecule has 1 atom stereocenters. The zero-order valence-electron chi connectivity index (χ0n) is 17.9. The maximum absolute atomic E-state index is 13.3. The van der Waals surface area contributed by atoms with Crippen LogP contribution in [-0.4, -0.2) is 53.0 Å². The van der Waals surface area contributed by atoms with E-state index < -0.39 is 5.60 Å². The highest BCUT2D eigenvalue weighted by Crippen LogP contribution is 2.38. The molecule has 2 aliphatic rings. The molecule has 1 N–H and O–H groups in total. The van der Waals surface area contributed by atoms with Crippen molar-refractivity contribution in [3.8, 4) is 0 Å². The maximum Gasteiger partial charge on any atom is 0.224 e. The van der Waals surface area contributed by atoms with Crippen molar-refractivity contribution in [1.29, 1.82) is 0 Å². The fraction of sp³-hybridized carbons (Fsp3) is 0.500. The molecule has 0 radical (unpaired) electrons. The van der Waals surface area contributed by atoms with Crippen LogP contribution in [-0.2, 0) is 10.4 Å². The van der Waals surface area contributed by atoms with E-state index in [1.165, 1.54) is 12.8 Å². The van der Waals surface area contributed by atoms with Crippen molar-refractivity contribution < 1.29 is 9.90 Å². The van der Waals surface area contributed by atoms with Crippen molar-refractivity contribution in [1.82, 2.24) is 9.80 Å². The fourth-order valence-corrected chi connectivity index (χ4v) is 5.14. The van der Waals surface area contributed by atoms with Crippen LogP contribution in [0.25, 0.3) is 0 Å². The van der Waals surface area contributed by atoms with E-state index in [1.54, 1.807) is 0 Å². The number of nitrogens with zero attached hydrogens (tertiary/aromatic N) is 2. The third-order valence-corrected chi connectivity index (χ3v) is 6.82. The maximum atomic E-state index is 13.3. The minimum absolute atomic E-state index is 0.176. The number of hydrogen-bond donors (Lipinski definition) is 1. The Balaban J connectivity index is 1.73. The van der Waals surface area contributed by atoms with Crippen LogP contribution in [0, 0.1) is 0 Å². The van der Waals surface area contributed by atoms with E-state index in [4.69, 9.17) is 0 Å². The van der Waals surface area contributed by atoms with Gasteiger partial charge < -0.3 is 10.0 Å². The summed E-state index contributed by atoms with van der Waals surface area (Å²) >= 11 is 0. The molecule has 2 aromatic rings. The van der Waals surface area contributed by atoms with E-state index in [2.05, 4.69) is 4.90 Å². The molecule has 30 heavy (non-hydrogen) atoms. The molecule has 4 heteroatoms. The van der Waals surface area contributed by atoms with Gasteiger partial charge in [0.05, 0.1) is 6.04 Å². The van der Waals surface area contributed by atoms with Gasteiger partial charge in [-0.1, -0.05) is 67.1 Å². The number of carbonyl (C=O) groups excluding carboxylic acids is 1. The highest BCUT2D eigenvalue weighted by molar-refractivity contribution is 5.77. The minimum atomic E-state index is -1.23. The predicted molar refractivity (Wildman–Crippen MR) is 120 cm³/mol. The molecule has 2 aromatic carbocycles. The van der Waals surface area contributed by atoms with Gasteiger partial charge in [0.2, 0.25) is 5.91 Å². The van der Waals surface area contributed by atoms with Gasteiger partial charge in [-0.05, 0) is 56.3 Å². The Bertz CT molecular complexity index is 757. The molecule has 2 heterocycles. The standard InChI is InChI=1S/C26H34N2O2/c29-25(28-19-11-4-12-20-28)21-24(27-17-9-3-10-18-27)26(30,22-13-5-1-6-14-22)23-15-7-2-8-16-23/h1-2,5-8,13-16,24,30H,3-4,9-12,17-21H2. The summed E-state index contributed by atoms with van der Waals surface area (Å²) in [5.41, 5.74) is 0.488. The first-order chi connectivity index (χ1) is 14.7. The lowest BCUT2D eigenvalue weighted by molar-refractivity contribution is -0.136. The van der Waals surface area contributed by atoms with E-state index in [0.717, 1.165) is 63.0 Å². The zero-order chi connectivity index (χ0) is 20.8. The predicted octanol–water partition coefficient (Wildman–Crippen LogP) is 4.18. The molecule has 4 rings (SSSR count). The number of rotatable bonds is 6. The number of amides is 1. The van der Waals surface area contributed by atoms with Crippen molar-refractivity contribution >= 4 is 5.91 Å². The molecule has 0 spiro atoms. The van der Waals surface area contributed by atoms with E-state index in [0.29, 0.717) is 6.42 Å². The average Bonchev–Trinajstić information content (AvgIpc) is 2.84. The Morgan fingerprint density at radius 2 is 1.23 bits per heavy atom. The highest BCUT2D eigenvalue weighted by atomic mass is 16.3. The Morgan fingerprint density at radius 1 is 0.767 bits per heavy atom. The molecule has 1 amide bonds. The van der Waals surface area contributed by atoms with Crippen LogP contribution >= 0.6 is 0 Å². The van der Waals surface area contributed by atoms with Gasteiger partial charge in [-0.3, -0.25) is 9.69 Å². The number of piperidine rings is 2. The number of hydrogen-bond acceptors (Lipinski definition) is 3. The second-order valence-electron chi connectivity index (χ2n) is 8.76. The summed E-state index contributed by atoms with van der Waals surface area (Å²) in [6.45, 7) is 3.56. The van der Waals surface area contributed by atoms with Crippen molar-refractivity contribution in [2.24, 2.45) is 0 Å². The Labute approximate surface area is 180 Å². The van der Waals surface area contributed by atoms with E-state index in [9.17, 15) is 9.90 Å². The first-order valence-electron chi connectivity index (χ1n) is 11.5. The lowest BCUT2D eigenvalue weighted by atomic mass is 9.77. The van der Waals surface area contributed by atoms with Gasteiger partial charge in [-0.15, -0.1) is 0 Å². The van der Waals surface area contributed by atoms with E-state index >= 15 is 0 Å². The molecule has 2 saturated heterocycles. The smallest absolute Gasteiger partial charge is 0.224 e. The fourth-order valence-electron chi connectivity index (χ4n) is 5.14. The normalized spacial score (nSPS) is 19.4. The topological polar surface area (TPSA) is 43.8 Å². The monoisotopic (exact) mass is 406 g/mol. The Hall–Kier alpha value is -2.17. The number of likely N-dealkylation sites (tertiary alicyclic amines) is 2. The molecular weight excluding hydrogens is 372 g/mol. The average molecular weight is 407 g/mol. The Kier molecular flexibility index (Phi) is 6.86. The van der Waals surface area contributed by atoms with Crippen molar-refractivity contribution in [3.63, 3.8) is 0 Å². The van der Waals surface area contributed by atoms with Crippen LogP contribution in [0.4, 0.5) is 0 Å². The summed E-state index contributed by atoms with van der Waals surface area (Å²) in [4.78, 5) is 17.7. The second-order valence-corrected chi connectivity index (χ2v) is 8.76. The molecule has 0 aromatic heterocycles. The second kappa shape index (κ2) is 9.76. The molecule has 0 bridgehead atoms. The summed E-state index contributed by atoms with van der Waals surface area (Å²) in [6, 6.07) is 19.6. The molecule has 0 aliphatic carbocycles. The molecule has 2 fully saturated rings. The molecule has 4 nitrogen and oxygen atoms in total. The van der Waals surface area contributed by atoms with Crippen LogP contribution in [0.2, 0.25) is 0 Å². The lowest BCUT2D eigenvalue weighted by Crippen LogP contribution is -2.55. The van der Waals surface area contributed by atoms with Crippen LogP contribution in [0.1, 0.15) is 56.1 Å². The number of carbonyl (C=O) groups is 1. The highest BCUT2D eigenvalue weighted by Gasteiger charge is 2.45. The molecule has 1 unspecified atom stereocenters. The molecule has 2 aliphatic heterocycles. The Morgan fingerprint density at radius 3 is 1.73 bits per heavy atom. The summed E-state index contributed by atoms with van der Waals surface area (Å²) in [5.74, 6) is 0.176. The number of aliphatic hydroxyl groups is 1. The van der Waals surface area contributed by atoms with Gasteiger partial charge >= 0.3 is 0 Å². The lowest BCUT2D eigenvalue weighted by Gasteiger charge is -2.45.